The number of hydrogen-bond donors (Lipinski definition) is 3. The van der Waals surface area contributed by atoms with Crippen molar-refractivity contribution in [2.24, 2.45) is 5.73 Å². The van der Waals surface area contributed by atoms with Crippen LogP contribution in [0, 0.1) is 0 Å². The number of nitrogens with two attached hydrogens (primary N) is 1. The van der Waals surface area contributed by atoms with Crippen LogP contribution in [0.1, 0.15) is 57.9 Å². The Morgan fingerprint density at radius 2 is 1.91 bits per heavy atom. The Morgan fingerprint density at radius 3 is 2.58 bits per heavy atom. The standard InChI is InChI=1S/C24H36N4O5/c1-17(23(25)31)26-24(32)21(27-18(2)29)12-13-22(30)28-14-6-10-20(28)11-7-15-33-16-19-8-4-3-5-9-19/h3-5,8-9,17,20-21H,6-7,10-16H2,1-2H3,(H2,25,31)(H,26,32)(H,27,29)/t17-,20-,21-/m0/s1. The van der Waals surface area contributed by atoms with Gasteiger partial charge in [0.2, 0.25) is 23.6 Å². The first-order valence-electron chi connectivity index (χ1n) is 11.6. The van der Waals surface area contributed by atoms with Crippen molar-refractivity contribution in [2.45, 2.75) is 77.1 Å². The molecule has 0 unspecified atom stereocenters. The van der Waals surface area contributed by atoms with Crippen molar-refractivity contribution in [3.05, 3.63) is 35.9 Å². The molecule has 33 heavy (non-hydrogen) atoms. The van der Waals surface area contributed by atoms with Crippen LogP contribution in [0.15, 0.2) is 30.3 Å². The van der Waals surface area contributed by atoms with Crippen molar-refractivity contribution in [1.29, 1.82) is 0 Å². The van der Waals surface area contributed by atoms with Gasteiger partial charge in [-0.05, 0) is 44.6 Å². The van der Waals surface area contributed by atoms with E-state index in [9.17, 15) is 19.2 Å². The second kappa shape index (κ2) is 13.6. The van der Waals surface area contributed by atoms with E-state index in [0.717, 1.165) is 31.2 Å². The van der Waals surface area contributed by atoms with E-state index < -0.39 is 23.9 Å². The first-order valence-corrected chi connectivity index (χ1v) is 11.6. The van der Waals surface area contributed by atoms with Gasteiger partial charge >= 0.3 is 0 Å². The Kier molecular flexibility index (Phi) is 10.8. The van der Waals surface area contributed by atoms with Crippen LogP contribution >= 0.6 is 0 Å². The number of likely N-dealkylation sites (tertiary alicyclic amines) is 1. The van der Waals surface area contributed by atoms with E-state index in [1.54, 1.807) is 0 Å². The number of nitrogens with zero attached hydrogens (tertiary/aromatic N) is 1. The first-order chi connectivity index (χ1) is 15.8. The molecule has 1 fully saturated rings. The van der Waals surface area contributed by atoms with Gasteiger partial charge in [0.05, 0.1) is 6.61 Å². The quantitative estimate of drug-likeness (QED) is 0.381. The molecule has 182 valence electrons. The van der Waals surface area contributed by atoms with E-state index in [4.69, 9.17) is 10.5 Å². The fourth-order valence-corrected chi connectivity index (χ4v) is 3.96. The van der Waals surface area contributed by atoms with Crippen molar-refractivity contribution < 1.29 is 23.9 Å². The average molecular weight is 461 g/mol. The molecule has 1 aromatic carbocycles. The predicted octanol–water partition coefficient (Wildman–Crippen LogP) is 1.25. The Bertz CT molecular complexity index is 801. The fraction of sp³-hybridized carbons (Fsp3) is 0.583. The van der Waals surface area contributed by atoms with Gasteiger partial charge in [0.25, 0.3) is 0 Å². The SMILES string of the molecule is CC(=O)N[C@@H](CCC(=O)N1CCC[C@H]1CCCOCc1ccccc1)C(=O)N[C@@H](C)C(N)=O. The highest BCUT2D eigenvalue weighted by Gasteiger charge is 2.30. The molecule has 4 N–H and O–H groups in total. The molecule has 9 nitrogen and oxygen atoms in total. The third-order valence-electron chi connectivity index (χ3n) is 5.76. The Labute approximate surface area is 195 Å². The normalized spacial score (nSPS) is 17.3. The maximum atomic E-state index is 12.8. The molecular weight excluding hydrogens is 424 g/mol. The van der Waals surface area contributed by atoms with Crippen molar-refractivity contribution in [3.8, 4) is 0 Å². The van der Waals surface area contributed by atoms with Crippen LogP contribution in [0.4, 0.5) is 0 Å². The lowest BCUT2D eigenvalue weighted by Crippen LogP contribution is -2.52. The largest absolute Gasteiger partial charge is 0.377 e. The molecule has 1 heterocycles. The predicted molar refractivity (Wildman–Crippen MR) is 124 cm³/mol. The maximum absolute atomic E-state index is 12.8. The highest BCUT2D eigenvalue weighted by molar-refractivity contribution is 5.91. The lowest BCUT2D eigenvalue weighted by atomic mass is 10.1. The number of carbonyl (C=O) groups is 4. The highest BCUT2D eigenvalue weighted by atomic mass is 16.5. The van der Waals surface area contributed by atoms with Crippen LogP contribution in [0.5, 0.6) is 0 Å². The zero-order chi connectivity index (χ0) is 24.2. The van der Waals surface area contributed by atoms with Crippen molar-refractivity contribution in [1.82, 2.24) is 15.5 Å². The number of benzene rings is 1. The summed E-state index contributed by atoms with van der Waals surface area (Å²) in [5.41, 5.74) is 6.32. The molecular formula is C24H36N4O5. The van der Waals surface area contributed by atoms with E-state index in [2.05, 4.69) is 10.6 Å². The maximum Gasteiger partial charge on any atom is 0.243 e. The van der Waals surface area contributed by atoms with Gasteiger partial charge in [-0.2, -0.15) is 0 Å². The average Bonchev–Trinajstić information content (AvgIpc) is 3.25. The summed E-state index contributed by atoms with van der Waals surface area (Å²) in [7, 11) is 0. The molecule has 1 aromatic rings. The number of ether oxygens (including phenoxy) is 1. The Morgan fingerprint density at radius 1 is 1.18 bits per heavy atom. The van der Waals surface area contributed by atoms with Gasteiger partial charge in [-0.25, -0.2) is 0 Å². The van der Waals surface area contributed by atoms with Crippen molar-refractivity contribution in [3.63, 3.8) is 0 Å². The van der Waals surface area contributed by atoms with Crippen LogP contribution in [0.25, 0.3) is 0 Å². The second-order valence-electron chi connectivity index (χ2n) is 8.49. The second-order valence-corrected chi connectivity index (χ2v) is 8.49. The van der Waals surface area contributed by atoms with Gasteiger partial charge in [-0.3, -0.25) is 19.2 Å². The van der Waals surface area contributed by atoms with Crippen molar-refractivity contribution in [2.75, 3.05) is 13.2 Å². The summed E-state index contributed by atoms with van der Waals surface area (Å²) >= 11 is 0. The molecule has 1 saturated heterocycles. The number of amides is 4. The monoisotopic (exact) mass is 460 g/mol. The number of rotatable bonds is 13. The zero-order valence-electron chi connectivity index (χ0n) is 19.5. The van der Waals surface area contributed by atoms with Crippen LogP contribution in [0.2, 0.25) is 0 Å². The van der Waals surface area contributed by atoms with Gasteiger partial charge in [0.15, 0.2) is 0 Å². The van der Waals surface area contributed by atoms with Crippen LogP contribution in [-0.4, -0.2) is 59.8 Å². The number of primary amides is 1. The van der Waals surface area contributed by atoms with Gasteiger partial charge in [-0.1, -0.05) is 30.3 Å². The lowest BCUT2D eigenvalue weighted by Gasteiger charge is -2.26. The molecule has 3 atom stereocenters. The Hall–Kier alpha value is -2.94. The molecule has 9 heteroatoms. The number of carbonyl (C=O) groups excluding carboxylic acids is 4. The van der Waals surface area contributed by atoms with Gasteiger partial charge in [0, 0.05) is 32.5 Å². The highest BCUT2D eigenvalue weighted by Crippen LogP contribution is 2.23. The van der Waals surface area contributed by atoms with E-state index in [0.29, 0.717) is 19.8 Å². The topological polar surface area (TPSA) is 131 Å². The van der Waals surface area contributed by atoms with Gasteiger partial charge < -0.3 is 26.0 Å². The molecule has 0 spiro atoms. The molecule has 4 amide bonds. The molecule has 0 aromatic heterocycles. The minimum absolute atomic E-state index is 0.0335. The summed E-state index contributed by atoms with van der Waals surface area (Å²) in [5.74, 6) is -1.62. The molecule has 0 aliphatic carbocycles. The number of hydrogen-bond acceptors (Lipinski definition) is 5. The van der Waals surface area contributed by atoms with E-state index in [1.165, 1.54) is 13.8 Å². The molecule has 0 radical (unpaired) electrons. The van der Waals surface area contributed by atoms with E-state index in [-0.39, 0.29) is 30.7 Å². The molecule has 0 saturated carbocycles. The number of nitrogens with one attached hydrogen (secondary N) is 2. The smallest absolute Gasteiger partial charge is 0.243 e. The van der Waals surface area contributed by atoms with Gasteiger partial charge in [0.1, 0.15) is 12.1 Å². The summed E-state index contributed by atoms with van der Waals surface area (Å²) in [6, 6.07) is 8.40. The van der Waals surface area contributed by atoms with E-state index in [1.807, 2.05) is 35.2 Å². The third kappa shape index (κ3) is 9.21. The minimum atomic E-state index is -0.902. The summed E-state index contributed by atoms with van der Waals surface area (Å²) < 4.78 is 5.74. The van der Waals surface area contributed by atoms with Crippen LogP contribution < -0.4 is 16.4 Å². The molecule has 1 aliphatic rings. The minimum Gasteiger partial charge on any atom is -0.377 e. The molecule has 1 aliphatic heterocycles. The summed E-state index contributed by atoms with van der Waals surface area (Å²) in [5, 5.41) is 5.02. The summed E-state index contributed by atoms with van der Waals surface area (Å²) in [4.78, 5) is 49.9. The van der Waals surface area contributed by atoms with Crippen LogP contribution in [0.3, 0.4) is 0 Å². The Balaban J connectivity index is 1.77. The lowest BCUT2D eigenvalue weighted by molar-refractivity contribution is -0.134. The van der Waals surface area contributed by atoms with Crippen molar-refractivity contribution >= 4 is 23.6 Å². The first kappa shape index (κ1) is 26.3. The summed E-state index contributed by atoms with van der Waals surface area (Å²) in [6.07, 6.45) is 3.92. The van der Waals surface area contributed by atoms with Gasteiger partial charge in [-0.15, -0.1) is 0 Å². The molecule has 2 rings (SSSR count). The fourth-order valence-electron chi connectivity index (χ4n) is 3.96. The molecule has 0 bridgehead atoms. The summed E-state index contributed by atoms with van der Waals surface area (Å²) in [6.45, 7) is 4.68. The zero-order valence-corrected chi connectivity index (χ0v) is 19.5. The third-order valence-corrected chi connectivity index (χ3v) is 5.76. The van der Waals surface area contributed by atoms with Crippen LogP contribution in [-0.2, 0) is 30.5 Å². The van der Waals surface area contributed by atoms with E-state index >= 15 is 0 Å².